The highest BCUT2D eigenvalue weighted by Gasteiger charge is 2.15. The molecule has 0 saturated carbocycles. The Bertz CT molecular complexity index is 913. The molecule has 1 aromatic heterocycles. The number of carbonyl (C=O) groups excluding carboxylic acids is 1. The van der Waals surface area contributed by atoms with Gasteiger partial charge >= 0.3 is 0 Å². The summed E-state index contributed by atoms with van der Waals surface area (Å²) in [6, 6.07) is 11.9. The molecule has 8 nitrogen and oxygen atoms in total. The van der Waals surface area contributed by atoms with Crippen molar-refractivity contribution in [1.29, 1.82) is 0 Å². The van der Waals surface area contributed by atoms with Crippen LogP contribution in [0, 0.1) is 0 Å². The molecular weight excluding hydrogens is 529 g/mol. The number of carbonyl (C=O) groups is 1. The van der Waals surface area contributed by atoms with E-state index in [1.54, 1.807) is 7.05 Å². The van der Waals surface area contributed by atoms with Gasteiger partial charge in [-0.2, -0.15) is 0 Å². The second kappa shape index (κ2) is 14.0. The minimum Gasteiger partial charge on any atom is -0.357 e. The molecule has 9 heteroatoms. The zero-order valence-electron chi connectivity index (χ0n) is 19.8. The standard InChI is InChI=1S/C24H35N7O.HI/c1-4-26-24(28-11-8-19-6-5-7-21(16-19)23(32)25-2)29-18-20-9-10-27-22(17-20)31-14-12-30(3)13-15-31;/h5-7,9-10,16-17H,4,8,11-15,18H2,1-3H3,(H,25,32)(H2,26,28,29);1H. The number of likely N-dealkylation sites (N-methyl/N-ethyl adjacent to an activating group) is 1. The maximum absolute atomic E-state index is 11.8. The van der Waals surface area contributed by atoms with Crippen molar-refractivity contribution in [1.82, 2.24) is 25.8 Å². The molecule has 0 aliphatic carbocycles. The van der Waals surface area contributed by atoms with Crippen LogP contribution in [0.3, 0.4) is 0 Å². The van der Waals surface area contributed by atoms with Crippen LogP contribution in [0.1, 0.15) is 28.4 Å². The smallest absolute Gasteiger partial charge is 0.251 e. The number of anilines is 1. The first-order valence-electron chi connectivity index (χ1n) is 11.3. The van der Waals surface area contributed by atoms with Crippen molar-refractivity contribution in [2.75, 3.05) is 58.3 Å². The molecule has 1 aromatic carbocycles. The van der Waals surface area contributed by atoms with E-state index in [1.807, 2.05) is 36.5 Å². The van der Waals surface area contributed by atoms with Crippen molar-refractivity contribution in [2.45, 2.75) is 19.9 Å². The molecule has 0 unspecified atom stereocenters. The third-order valence-electron chi connectivity index (χ3n) is 5.52. The van der Waals surface area contributed by atoms with Gasteiger partial charge in [0.05, 0.1) is 6.54 Å². The van der Waals surface area contributed by atoms with Crippen LogP contribution in [-0.4, -0.2) is 75.1 Å². The minimum absolute atomic E-state index is 0. The number of amides is 1. The SMILES string of the molecule is CCNC(=NCc1ccnc(N2CCN(C)CC2)c1)NCCc1cccc(C(=O)NC)c1.I. The summed E-state index contributed by atoms with van der Waals surface area (Å²) in [6.07, 6.45) is 2.68. The predicted molar refractivity (Wildman–Crippen MR) is 146 cm³/mol. The van der Waals surface area contributed by atoms with Gasteiger partial charge < -0.3 is 25.8 Å². The lowest BCUT2D eigenvalue weighted by atomic mass is 10.1. The Morgan fingerprint density at radius 2 is 1.88 bits per heavy atom. The monoisotopic (exact) mass is 565 g/mol. The van der Waals surface area contributed by atoms with Gasteiger partial charge in [0.15, 0.2) is 5.96 Å². The molecule has 3 rings (SSSR count). The summed E-state index contributed by atoms with van der Waals surface area (Å²) in [5.41, 5.74) is 2.93. The lowest BCUT2D eigenvalue weighted by molar-refractivity contribution is 0.0963. The summed E-state index contributed by atoms with van der Waals surface area (Å²) in [5.74, 6) is 1.75. The summed E-state index contributed by atoms with van der Waals surface area (Å²) in [6.45, 7) is 8.29. The largest absolute Gasteiger partial charge is 0.357 e. The van der Waals surface area contributed by atoms with Gasteiger partial charge in [-0.15, -0.1) is 24.0 Å². The predicted octanol–water partition coefficient (Wildman–Crippen LogP) is 2.11. The topological polar surface area (TPSA) is 84.9 Å². The van der Waals surface area contributed by atoms with Crippen LogP contribution >= 0.6 is 24.0 Å². The summed E-state index contributed by atoms with van der Waals surface area (Å²) >= 11 is 0. The molecule has 1 aliphatic rings. The lowest BCUT2D eigenvalue weighted by Crippen LogP contribution is -2.44. The number of guanidine groups is 1. The molecule has 2 aromatic rings. The second-order valence-corrected chi connectivity index (χ2v) is 7.96. The number of nitrogens with zero attached hydrogens (tertiary/aromatic N) is 4. The fourth-order valence-electron chi connectivity index (χ4n) is 3.62. The number of benzene rings is 1. The van der Waals surface area contributed by atoms with E-state index in [-0.39, 0.29) is 29.9 Å². The maximum atomic E-state index is 11.8. The Balaban J connectivity index is 0.00000385. The van der Waals surface area contributed by atoms with Crippen LogP contribution in [0.4, 0.5) is 5.82 Å². The molecule has 1 amide bonds. The first kappa shape index (κ1) is 26.8. The fraction of sp³-hybridized carbons (Fsp3) is 0.458. The Kier molecular flexibility index (Phi) is 11.4. The van der Waals surface area contributed by atoms with E-state index >= 15 is 0 Å². The van der Waals surface area contributed by atoms with Crippen molar-refractivity contribution in [3.63, 3.8) is 0 Å². The van der Waals surface area contributed by atoms with E-state index in [0.717, 1.165) is 68.6 Å². The van der Waals surface area contributed by atoms with Gasteiger partial charge in [0.25, 0.3) is 5.91 Å². The first-order chi connectivity index (χ1) is 15.6. The average Bonchev–Trinajstić information content (AvgIpc) is 2.83. The third-order valence-corrected chi connectivity index (χ3v) is 5.52. The zero-order chi connectivity index (χ0) is 22.8. The number of hydrogen-bond acceptors (Lipinski definition) is 5. The van der Waals surface area contributed by atoms with Crippen molar-refractivity contribution >= 4 is 41.7 Å². The molecule has 1 saturated heterocycles. The summed E-state index contributed by atoms with van der Waals surface area (Å²) in [4.78, 5) is 25.8. The molecule has 2 heterocycles. The van der Waals surface area contributed by atoms with Crippen LogP contribution in [0.2, 0.25) is 0 Å². The van der Waals surface area contributed by atoms with Crippen LogP contribution in [0.5, 0.6) is 0 Å². The number of rotatable bonds is 8. The summed E-state index contributed by atoms with van der Waals surface area (Å²) in [5, 5.41) is 9.36. The van der Waals surface area contributed by atoms with E-state index in [4.69, 9.17) is 4.99 Å². The Hall–Kier alpha value is -2.40. The number of hydrogen-bond donors (Lipinski definition) is 3. The molecule has 0 atom stereocenters. The number of nitrogens with one attached hydrogen (secondary N) is 3. The van der Waals surface area contributed by atoms with Crippen molar-refractivity contribution < 1.29 is 4.79 Å². The Labute approximate surface area is 214 Å². The van der Waals surface area contributed by atoms with Crippen molar-refractivity contribution in [3.05, 3.63) is 59.3 Å². The number of pyridine rings is 1. The van der Waals surface area contributed by atoms with Gasteiger partial charge in [0, 0.05) is 58.1 Å². The Morgan fingerprint density at radius 1 is 1.09 bits per heavy atom. The van der Waals surface area contributed by atoms with E-state index < -0.39 is 0 Å². The van der Waals surface area contributed by atoms with Crippen molar-refractivity contribution in [2.24, 2.45) is 4.99 Å². The highest BCUT2D eigenvalue weighted by atomic mass is 127. The molecule has 0 bridgehead atoms. The number of piperazine rings is 1. The Morgan fingerprint density at radius 3 is 2.61 bits per heavy atom. The second-order valence-electron chi connectivity index (χ2n) is 7.96. The maximum Gasteiger partial charge on any atom is 0.251 e. The molecule has 1 fully saturated rings. The van der Waals surface area contributed by atoms with E-state index in [2.05, 4.69) is 50.8 Å². The van der Waals surface area contributed by atoms with Gasteiger partial charge in [-0.05, 0) is 55.8 Å². The van der Waals surface area contributed by atoms with Crippen molar-refractivity contribution in [3.8, 4) is 0 Å². The van der Waals surface area contributed by atoms with Gasteiger partial charge in [0.2, 0.25) is 0 Å². The van der Waals surface area contributed by atoms with Crippen LogP contribution in [0.15, 0.2) is 47.6 Å². The van der Waals surface area contributed by atoms with Gasteiger partial charge in [0.1, 0.15) is 5.82 Å². The molecular formula is C24H36IN7O. The number of halogens is 1. The third kappa shape index (κ3) is 8.47. The van der Waals surface area contributed by atoms with Crippen LogP contribution in [0.25, 0.3) is 0 Å². The first-order valence-corrected chi connectivity index (χ1v) is 11.3. The van der Waals surface area contributed by atoms with Crippen LogP contribution < -0.4 is 20.9 Å². The molecule has 3 N–H and O–H groups in total. The van der Waals surface area contributed by atoms with E-state index in [9.17, 15) is 4.79 Å². The molecule has 0 radical (unpaired) electrons. The summed E-state index contributed by atoms with van der Waals surface area (Å²) < 4.78 is 0. The minimum atomic E-state index is -0.0667. The van der Waals surface area contributed by atoms with Crippen LogP contribution in [-0.2, 0) is 13.0 Å². The zero-order valence-corrected chi connectivity index (χ0v) is 22.1. The summed E-state index contributed by atoms with van der Waals surface area (Å²) in [7, 11) is 3.80. The normalized spacial score (nSPS) is 14.4. The fourth-order valence-corrected chi connectivity index (χ4v) is 3.62. The van der Waals surface area contributed by atoms with Gasteiger partial charge in [-0.1, -0.05) is 12.1 Å². The highest BCUT2D eigenvalue weighted by Crippen LogP contribution is 2.15. The average molecular weight is 566 g/mol. The molecule has 1 aliphatic heterocycles. The molecule has 180 valence electrons. The van der Waals surface area contributed by atoms with E-state index in [1.165, 1.54) is 0 Å². The van der Waals surface area contributed by atoms with Gasteiger partial charge in [-0.25, -0.2) is 9.98 Å². The van der Waals surface area contributed by atoms with Gasteiger partial charge in [-0.3, -0.25) is 4.79 Å². The quantitative estimate of drug-likeness (QED) is 0.259. The molecule has 33 heavy (non-hydrogen) atoms. The number of aromatic nitrogens is 1. The lowest BCUT2D eigenvalue weighted by Gasteiger charge is -2.33. The van der Waals surface area contributed by atoms with E-state index in [0.29, 0.717) is 12.1 Å². The highest BCUT2D eigenvalue weighted by molar-refractivity contribution is 14.0. The number of aliphatic imine (C=N–C) groups is 1. The molecule has 0 spiro atoms.